The molecular weight excluding hydrogens is 478 g/mol. The predicted molar refractivity (Wildman–Crippen MR) is 137 cm³/mol. The third-order valence-corrected chi connectivity index (χ3v) is 6.71. The SMILES string of the molecule is Cn1c(=O)n(C2CCC(=O)NC2=O)c2ccc(CCCN3CCO[C@H](CNC(=O)OC(C)(C)C)C3)cc21. The molecule has 0 spiro atoms. The number of benzene rings is 1. The predicted octanol–water partition coefficient (Wildman–Crippen LogP) is 1.48. The van der Waals surface area contributed by atoms with Crippen molar-refractivity contribution >= 4 is 28.9 Å². The van der Waals surface area contributed by atoms with E-state index in [9.17, 15) is 19.2 Å². The highest BCUT2D eigenvalue weighted by molar-refractivity contribution is 6.00. The summed E-state index contributed by atoms with van der Waals surface area (Å²) >= 11 is 0. The Kier molecular flexibility index (Phi) is 8.03. The minimum absolute atomic E-state index is 0.0841. The maximum absolute atomic E-state index is 12.9. The number of ether oxygens (including phenoxy) is 2. The number of piperidine rings is 1. The number of alkyl carbamates (subject to hydrolysis) is 1. The second-order valence-corrected chi connectivity index (χ2v) is 10.8. The fourth-order valence-electron chi connectivity index (χ4n) is 4.92. The molecule has 2 aromatic rings. The molecule has 3 amide bonds. The largest absolute Gasteiger partial charge is 0.444 e. The molecule has 11 heteroatoms. The van der Waals surface area contributed by atoms with Gasteiger partial charge in [-0.2, -0.15) is 0 Å². The molecule has 0 aliphatic carbocycles. The lowest BCUT2D eigenvalue weighted by molar-refractivity contribution is -0.135. The number of morpholine rings is 1. The number of fused-ring (bicyclic) bond motifs is 1. The van der Waals surface area contributed by atoms with E-state index in [2.05, 4.69) is 15.5 Å². The molecule has 0 saturated carbocycles. The third-order valence-electron chi connectivity index (χ3n) is 6.71. The number of amides is 3. The van der Waals surface area contributed by atoms with Crippen LogP contribution >= 0.6 is 0 Å². The van der Waals surface area contributed by atoms with E-state index in [0.717, 1.165) is 43.6 Å². The van der Waals surface area contributed by atoms with Crippen molar-refractivity contribution in [1.82, 2.24) is 24.7 Å². The maximum atomic E-state index is 12.9. The summed E-state index contributed by atoms with van der Waals surface area (Å²) in [5.41, 5.74) is 1.78. The number of nitrogens with zero attached hydrogens (tertiary/aromatic N) is 3. The van der Waals surface area contributed by atoms with Crippen LogP contribution in [-0.4, -0.2) is 76.4 Å². The van der Waals surface area contributed by atoms with E-state index in [1.807, 2.05) is 39.0 Å². The Hall–Kier alpha value is -3.18. The van der Waals surface area contributed by atoms with Gasteiger partial charge in [-0.25, -0.2) is 9.59 Å². The number of carbonyl (C=O) groups is 3. The lowest BCUT2D eigenvalue weighted by Crippen LogP contribution is -2.48. The first-order chi connectivity index (χ1) is 17.5. The van der Waals surface area contributed by atoms with Crippen LogP contribution in [0.4, 0.5) is 4.79 Å². The molecule has 3 heterocycles. The Morgan fingerprint density at radius 3 is 2.73 bits per heavy atom. The van der Waals surface area contributed by atoms with E-state index in [1.165, 1.54) is 4.57 Å². The Bertz CT molecular complexity index is 1230. The minimum atomic E-state index is -0.682. The summed E-state index contributed by atoms with van der Waals surface area (Å²) in [7, 11) is 1.70. The van der Waals surface area contributed by atoms with E-state index in [0.29, 0.717) is 25.1 Å². The van der Waals surface area contributed by atoms with Crippen molar-refractivity contribution in [3.63, 3.8) is 0 Å². The zero-order chi connectivity index (χ0) is 26.7. The molecule has 2 fully saturated rings. The molecule has 0 bridgehead atoms. The molecule has 4 rings (SSSR count). The molecule has 37 heavy (non-hydrogen) atoms. The molecule has 2 atom stereocenters. The summed E-state index contributed by atoms with van der Waals surface area (Å²) in [6, 6.07) is 5.21. The van der Waals surface area contributed by atoms with Gasteiger partial charge in [0.05, 0.1) is 23.7 Å². The van der Waals surface area contributed by atoms with Gasteiger partial charge in [0, 0.05) is 33.1 Å². The van der Waals surface area contributed by atoms with E-state index in [1.54, 1.807) is 11.6 Å². The maximum Gasteiger partial charge on any atom is 0.407 e. The van der Waals surface area contributed by atoms with Crippen LogP contribution in [0.1, 0.15) is 51.6 Å². The van der Waals surface area contributed by atoms with Crippen LogP contribution in [0.5, 0.6) is 0 Å². The van der Waals surface area contributed by atoms with Crippen molar-refractivity contribution in [3.05, 3.63) is 34.2 Å². The quantitative estimate of drug-likeness (QED) is 0.535. The van der Waals surface area contributed by atoms with Crippen LogP contribution < -0.4 is 16.3 Å². The average Bonchev–Trinajstić information content (AvgIpc) is 3.07. The number of imide groups is 1. The molecule has 0 radical (unpaired) electrons. The zero-order valence-corrected chi connectivity index (χ0v) is 22.0. The first-order valence-corrected chi connectivity index (χ1v) is 12.9. The Balaban J connectivity index is 1.32. The molecule has 2 aliphatic rings. The highest BCUT2D eigenvalue weighted by Gasteiger charge is 2.31. The molecule has 1 aromatic heterocycles. The summed E-state index contributed by atoms with van der Waals surface area (Å²) in [5, 5.41) is 5.12. The highest BCUT2D eigenvalue weighted by Crippen LogP contribution is 2.24. The highest BCUT2D eigenvalue weighted by atomic mass is 16.6. The fraction of sp³-hybridized carbons (Fsp3) is 0.615. The van der Waals surface area contributed by atoms with Gasteiger partial charge in [-0.15, -0.1) is 0 Å². The molecule has 2 N–H and O–H groups in total. The number of imidazole rings is 1. The molecule has 1 unspecified atom stereocenters. The number of hydrogen-bond acceptors (Lipinski definition) is 7. The summed E-state index contributed by atoms with van der Waals surface area (Å²) in [6.45, 7) is 8.97. The van der Waals surface area contributed by atoms with Gasteiger partial charge >= 0.3 is 11.8 Å². The van der Waals surface area contributed by atoms with Crippen molar-refractivity contribution in [2.75, 3.05) is 32.8 Å². The molecule has 11 nitrogen and oxygen atoms in total. The van der Waals surface area contributed by atoms with E-state index in [-0.39, 0.29) is 24.1 Å². The van der Waals surface area contributed by atoms with Crippen LogP contribution in [-0.2, 0) is 32.5 Å². The third kappa shape index (κ3) is 6.58. The topological polar surface area (TPSA) is 124 Å². The van der Waals surface area contributed by atoms with Crippen molar-refractivity contribution < 1.29 is 23.9 Å². The molecular formula is C26H37N5O6. The van der Waals surface area contributed by atoms with Gasteiger partial charge in [-0.3, -0.25) is 28.9 Å². The fourth-order valence-corrected chi connectivity index (χ4v) is 4.92. The summed E-state index contributed by atoms with van der Waals surface area (Å²) < 4.78 is 14.1. The van der Waals surface area contributed by atoms with Gasteiger partial charge in [0.25, 0.3) is 0 Å². The van der Waals surface area contributed by atoms with Crippen molar-refractivity contribution in [1.29, 1.82) is 0 Å². The number of aryl methyl sites for hydroxylation is 2. The number of aromatic nitrogens is 2. The number of rotatable bonds is 7. The minimum Gasteiger partial charge on any atom is -0.444 e. The van der Waals surface area contributed by atoms with Crippen LogP contribution in [0.2, 0.25) is 0 Å². The first-order valence-electron chi connectivity index (χ1n) is 12.9. The number of hydrogen-bond donors (Lipinski definition) is 2. The van der Waals surface area contributed by atoms with E-state index >= 15 is 0 Å². The van der Waals surface area contributed by atoms with Crippen LogP contribution in [0.25, 0.3) is 11.0 Å². The van der Waals surface area contributed by atoms with Crippen molar-refractivity contribution in [2.45, 2.75) is 64.2 Å². The molecule has 2 saturated heterocycles. The normalized spacial score (nSPS) is 21.2. The summed E-state index contributed by atoms with van der Waals surface area (Å²) in [4.78, 5) is 51.1. The van der Waals surface area contributed by atoms with Crippen LogP contribution in [0.15, 0.2) is 23.0 Å². The van der Waals surface area contributed by atoms with Crippen LogP contribution in [0, 0.1) is 0 Å². The number of nitrogens with one attached hydrogen (secondary N) is 2. The Morgan fingerprint density at radius 2 is 2.00 bits per heavy atom. The molecule has 202 valence electrons. The van der Waals surface area contributed by atoms with Gasteiger partial charge in [0.15, 0.2) is 0 Å². The van der Waals surface area contributed by atoms with Crippen molar-refractivity contribution in [2.24, 2.45) is 7.05 Å². The van der Waals surface area contributed by atoms with Gasteiger partial charge in [-0.1, -0.05) is 6.07 Å². The van der Waals surface area contributed by atoms with Gasteiger partial charge < -0.3 is 14.8 Å². The second kappa shape index (κ2) is 11.1. The number of carbonyl (C=O) groups excluding carboxylic acids is 3. The molecule has 1 aromatic carbocycles. The van der Waals surface area contributed by atoms with Gasteiger partial charge in [0.1, 0.15) is 11.6 Å². The van der Waals surface area contributed by atoms with Crippen molar-refractivity contribution in [3.8, 4) is 0 Å². The van der Waals surface area contributed by atoms with E-state index < -0.39 is 23.6 Å². The summed E-state index contributed by atoms with van der Waals surface area (Å²) in [5.74, 6) is -0.734. The standard InChI is InChI=1S/C26H37N5O6/c1-26(2,3)37-24(34)27-15-18-16-30(12-13-36-18)11-5-6-17-7-8-19-21(14-17)29(4)25(35)31(19)20-9-10-22(32)28-23(20)33/h7-8,14,18,20H,5-6,9-13,15-16H2,1-4H3,(H,27,34)(H,28,32,33)/t18-,20?/m1/s1. The second-order valence-electron chi connectivity index (χ2n) is 10.8. The Morgan fingerprint density at radius 1 is 1.22 bits per heavy atom. The van der Waals surface area contributed by atoms with Gasteiger partial charge in [-0.05, 0) is 64.3 Å². The lowest BCUT2D eigenvalue weighted by atomic mass is 10.0. The zero-order valence-electron chi connectivity index (χ0n) is 22.0. The lowest BCUT2D eigenvalue weighted by Gasteiger charge is -2.33. The smallest absolute Gasteiger partial charge is 0.407 e. The van der Waals surface area contributed by atoms with E-state index in [4.69, 9.17) is 9.47 Å². The monoisotopic (exact) mass is 515 g/mol. The van der Waals surface area contributed by atoms with Crippen LogP contribution in [0.3, 0.4) is 0 Å². The van der Waals surface area contributed by atoms with Gasteiger partial charge in [0.2, 0.25) is 11.8 Å². The average molecular weight is 516 g/mol. The Labute approximate surface area is 216 Å². The molecule has 2 aliphatic heterocycles. The first kappa shape index (κ1) is 26.9. The summed E-state index contributed by atoms with van der Waals surface area (Å²) in [6.07, 6.45) is 1.78.